The Morgan fingerprint density at radius 3 is 2.59 bits per heavy atom. The topological polar surface area (TPSA) is 23.5 Å². The van der Waals surface area contributed by atoms with Crippen LogP contribution in [0.5, 0.6) is 0 Å². The van der Waals surface area contributed by atoms with E-state index in [9.17, 15) is 5.11 Å². The van der Waals surface area contributed by atoms with E-state index < -0.39 is 0 Å². The van der Waals surface area contributed by atoms with E-state index in [0.717, 1.165) is 19.4 Å². The number of aliphatic hydroxyl groups excluding tert-OH is 1. The lowest BCUT2D eigenvalue weighted by atomic mass is 10.1. The monoisotopic (exact) mass is 231 g/mol. The molecule has 1 aromatic rings. The maximum absolute atomic E-state index is 9.43. The molecule has 1 aliphatic heterocycles. The van der Waals surface area contributed by atoms with E-state index >= 15 is 0 Å². The molecule has 1 aliphatic rings. The third-order valence-electron chi connectivity index (χ3n) is 3.63. The van der Waals surface area contributed by atoms with Gasteiger partial charge in [0, 0.05) is 18.6 Å². The van der Waals surface area contributed by atoms with E-state index in [4.69, 9.17) is 0 Å². The average Bonchev–Trinajstić information content (AvgIpc) is 2.74. The SMILES string of the molecule is C=CC[C@H]1CC[C@H](CO)N1Cc1ccccc1. The molecule has 2 atom stereocenters. The van der Waals surface area contributed by atoms with E-state index in [2.05, 4.69) is 35.7 Å². The number of hydrogen-bond donors (Lipinski definition) is 1. The highest BCUT2D eigenvalue weighted by Gasteiger charge is 2.31. The number of benzene rings is 1. The molecule has 0 bridgehead atoms. The van der Waals surface area contributed by atoms with Crippen LogP contribution in [0.1, 0.15) is 24.8 Å². The van der Waals surface area contributed by atoms with Crippen LogP contribution in [-0.4, -0.2) is 28.7 Å². The smallest absolute Gasteiger partial charge is 0.0587 e. The van der Waals surface area contributed by atoms with Crippen molar-refractivity contribution in [2.75, 3.05) is 6.61 Å². The molecule has 92 valence electrons. The summed E-state index contributed by atoms with van der Waals surface area (Å²) in [6, 6.07) is 11.3. The van der Waals surface area contributed by atoms with Gasteiger partial charge in [-0.1, -0.05) is 36.4 Å². The van der Waals surface area contributed by atoms with E-state index in [-0.39, 0.29) is 6.61 Å². The highest BCUT2D eigenvalue weighted by Crippen LogP contribution is 2.28. The Bertz CT molecular complexity index is 349. The van der Waals surface area contributed by atoms with Gasteiger partial charge in [-0.2, -0.15) is 0 Å². The maximum atomic E-state index is 9.43. The predicted molar refractivity (Wildman–Crippen MR) is 70.7 cm³/mol. The average molecular weight is 231 g/mol. The molecule has 2 rings (SSSR count). The molecule has 0 unspecified atom stereocenters. The summed E-state index contributed by atoms with van der Waals surface area (Å²) in [6.45, 7) is 5.03. The molecular weight excluding hydrogens is 210 g/mol. The van der Waals surface area contributed by atoms with Crippen LogP contribution in [0.4, 0.5) is 0 Å². The molecule has 17 heavy (non-hydrogen) atoms. The van der Waals surface area contributed by atoms with Crippen molar-refractivity contribution in [2.45, 2.75) is 37.9 Å². The largest absolute Gasteiger partial charge is 0.395 e. The Balaban J connectivity index is 2.06. The number of nitrogens with zero attached hydrogens (tertiary/aromatic N) is 1. The van der Waals surface area contributed by atoms with E-state index in [1.807, 2.05) is 12.1 Å². The summed E-state index contributed by atoms with van der Waals surface area (Å²) >= 11 is 0. The molecule has 1 fully saturated rings. The van der Waals surface area contributed by atoms with Crippen molar-refractivity contribution in [3.8, 4) is 0 Å². The number of aliphatic hydroxyl groups is 1. The Hall–Kier alpha value is -1.12. The molecule has 0 saturated carbocycles. The van der Waals surface area contributed by atoms with Gasteiger partial charge >= 0.3 is 0 Å². The summed E-state index contributed by atoms with van der Waals surface area (Å²) in [5, 5.41) is 9.43. The molecule has 1 saturated heterocycles. The number of likely N-dealkylation sites (tertiary alicyclic amines) is 1. The highest BCUT2D eigenvalue weighted by atomic mass is 16.3. The van der Waals surface area contributed by atoms with Crippen LogP contribution in [0, 0.1) is 0 Å². The van der Waals surface area contributed by atoms with E-state index in [1.165, 1.54) is 12.0 Å². The van der Waals surface area contributed by atoms with Crippen LogP contribution in [0.2, 0.25) is 0 Å². The van der Waals surface area contributed by atoms with Gasteiger partial charge in [0.1, 0.15) is 0 Å². The van der Waals surface area contributed by atoms with Gasteiger partial charge in [-0.15, -0.1) is 6.58 Å². The van der Waals surface area contributed by atoms with Crippen LogP contribution < -0.4 is 0 Å². The second-order valence-electron chi connectivity index (χ2n) is 4.75. The summed E-state index contributed by atoms with van der Waals surface area (Å²) in [7, 11) is 0. The van der Waals surface area contributed by atoms with Gasteiger partial charge in [0.2, 0.25) is 0 Å². The summed E-state index contributed by atoms with van der Waals surface area (Å²) in [5.41, 5.74) is 1.32. The summed E-state index contributed by atoms with van der Waals surface area (Å²) in [6.07, 6.45) is 5.28. The summed E-state index contributed by atoms with van der Waals surface area (Å²) < 4.78 is 0. The van der Waals surface area contributed by atoms with Crippen molar-refractivity contribution in [3.05, 3.63) is 48.6 Å². The fourth-order valence-electron chi connectivity index (χ4n) is 2.71. The molecule has 0 amide bonds. The second kappa shape index (κ2) is 5.99. The van der Waals surface area contributed by atoms with Gasteiger partial charge < -0.3 is 5.11 Å². The fraction of sp³-hybridized carbons (Fsp3) is 0.467. The molecule has 0 aromatic heterocycles. The third-order valence-corrected chi connectivity index (χ3v) is 3.63. The van der Waals surface area contributed by atoms with Crippen molar-refractivity contribution < 1.29 is 5.11 Å². The minimum atomic E-state index is 0.264. The standard InChI is InChI=1S/C15H21NO/c1-2-6-14-9-10-15(12-17)16(14)11-13-7-4-3-5-8-13/h2-5,7-8,14-15,17H,1,6,9-12H2/t14-,15+/m0/s1. The number of rotatable bonds is 5. The van der Waals surface area contributed by atoms with Crippen molar-refractivity contribution in [3.63, 3.8) is 0 Å². The lowest BCUT2D eigenvalue weighted by Crippen LogP contribution is -2.37. The first-order chi connectivity index (χ1) is 8.35. The van der Waals surface area contributed by atoms with Gasteiger partial charge in [-0.3, -0.25) is 4.90 Å². The van der Waals surface area contributed by atoms with Gasteiger partial charge in [0.05, 0.1) is 6.61 Å². The summed E-state index contributed by atoms with van der Waals surface area (Å²) in [5.74, 6) is 0. The van der Waals surface area contributed by atoms with E-state index in [0.29, 0.717) is 12.1 Å². The maximum Gasteiger partial charge on any atom is 0.0587 e. The molecule has 2 nitrogen and oxygen atoms in total. The molecular formula is C15H21NO. The molecule has 0 radical (unpaired) electrons. The predicted octanol–water partition coefficient (Wildman–Crippen LogP) is 2.59. The van der Waals surface area contributed by atoms with Crippen molar-refractivity contribution in [1.29, 1.82) is 0 Å². The summed E-state index contributed by atoms with van der Waals surface area (Å²) in [4.78, 5) is 2.43. The first-order valence-corrected chi connectivity index (χ1v) is 6.36. The minimum Gasteiger partial charge on any atom is -0.395 e. The van der Waals surface area contributed by atoms with Crippen molar-refractivity contribution in [2.24, 2.45) is 0 Å². The molecule has 1 N–H and O–H groups in total. The normalized spacial score (nSPS) is 25.0. The van der Waals surface area contributed by atoms with Gasteiger partial charge in [0.15, 0.2) is 0 Å². The van der Waals surface area contributed by atoms with Crippen LogP contribution in [0.3, 0.4) is 0 Å². The molecule has 2 heteroatoms. The Kier molecular flexibility index (Phi) is 4.35. The first kappa shape index (κ1) is 12.3. The highest BCUT2D eigenvalue weighted by molar-refractivity contribution is 5.15. The van der Waals surface area contributed by atoms with Crippen LogP contribution in [0.25, 0.3) is 0 Å². The molecule has 0 spiro atoms. The van der Waals surface area contributed by atoms with Crippen LogP contribution in [-0.2, 0) is 6.54 Å². The fourth-order valence-corrected chi connectivity index (χ4v) is 2.71. The Morgan fingerprint density at radius 2 is 1.94 bits per heavy atom. The van der Waals surface area contributed by atoms with Gasteiger partial charge in [-0.25, -0.2) is 0 Å². The zero-order valence-corrected chi connectivity index (χ0v) is 10.3. The van der Waals surface area contributed by atoms with Gasteiger partial charge in [0.25, 0.3) is 0 Å². The quantitative estimate of drug-likeness (QED) is 0.787. The van der Waals surface area contributed by atoms with Crippen LogP contribution in [0.15, 0.2) is 43.0 Å². The molecule has 1 heterocycles. The number of hydrogen-bond acceptors (Lipinski definition) is 2. The Morgan fingerprint density at radius 1 is 1.24 bits per heavy atom. The second-order valence-corrected chi connectivity index (χ2v) is 4.75. The first-order valence-electron chi connectivity index (χ1n) is 6.36. The molecule has 0 aliphatic carbocycles. The molecule has 1 aromatic carbocycles. The van der Waals surface area contributed by atoms with Gasteiger partial charge in [-0.05, 0) is 24.8 Å². The van der Waals surface area contributed by atoms with Crippen molar-refractivity contribution in [1.82, 2.24) is 4.90 Å². The minimum absolute atomic E-state index is 0.264. The lowest BCUT2D eigenvalue weighted by Gasteiger charge is -2.28. The zero-order chi connectivity index (χ0) is 12.1. The Labute approximate surface area is 104 Å². The van der Waals surface area contributed by atoms with Crippen molar-refractivity contribution >= 4 is 0 Å². The lowest BCUT2D eigenvalue weighted by molar-refractivity contribution is 0.123. The zero-order valence-electron chi connectivity index (χ0n) is 10.3. The third kappa shape index (κ3) is 2.96. The van der Waals surface area contributed by atoms with E-state index in [1.54, 1.807) is 0 Å². The van der Waals surface area contributed by atoms with Crippen LogP contribution >= 0.6 is 0 Å².